The summed E-state index contributed by atoms with van der Waals surface area (Å²) < 4.78 is 15.2. The number of fused-ring (bicyclic) bond motifs is 1. The maximum atomic E-state index is 12.7. The van der Waals surface area contributed by atoms with Gasteiger partial charge in [-0.1, -0.05) is 39.4 Å². The second-order valence-corrected chi connectivity index (χ2v) is 7.62. The van der Waals surface area contributed by atoms with Crippen LogP contribution in [-0.4, -0.2) is 30.3 Å². The number of carbonyl (C=O) groups excluding carboxylic acids is 1. The Balaban J connectivity index is 2.11. The van der Waals surface area contributed by atoms with Crippen molar-refractivity contribution in [1.82, 2.24) is 4.57 Å². The highest BCUT2D eigenvalue weighted by molar-refractivity contribution is 9.10. The first-order valence-corrected chi connectivity index (χ1v) is 10.4. The minimum atomic E-state index is -0.272. The number of rotatable bonds is 7. The van der Waals surface area contributed by atoms with Crippen LogP contribution in [0.5, 0.6) is 5.75 Å². The molecular formula is C20H21BrN2O3S. The Labute approximate surface area is 170 Å². The molecule has 27 heavy (non-hydrogen) atoms. The monoisotopic (exact) mass is 448 g/mol. The lowest BCUT2D eigenvalue weighted by Crippen LogP contribution is -2.20. The maximum absolute atomic E-state index is 12.7. The number of ether oxygens (including phenoxy) is 2. The summed E-state index contributed by atoms with van der Waals surface area (Å²) in [5, 5.41) is 0. The van der Waals surface area contributed by atoms with E-state index in [1.54, 1.807) is 12.1 Å². The van der Waals surface area contributed by atoms with Crippen molar-refractivity contribution in [1.29, 1.82) is 0 Å². The first-order chi connectivity index (χ1) is 13.1. The van der Waals surface area contributed by atoms with E-state index in [1.165, 1.54) is 11.3 Å². The molecular weight excluding hydrogens is 428 g/mol. The zero-order valence-electron chi connectivity index (χ0n) is 15.3. The highest BCUT2D eigenvalue weighted by Crippen LogP contribution is 2.27. The predicted octanol–water partition coefficient (Wildman–Crippen LogP) is 4.64. The largest absolute Gasteiger partial charge is 0.492 e. The predicted molar refractivity (Wildman–Crippen MR) is 112 cm³/mol. The molecule has 0 aliphatic rings. The molecule has 0 aliphatic carbocycles. The van der Waals surface area contributed by atoms with Crippen molar-refractivity contribution >= 4 is 43.4 Å². The number of carbonyl (C=O) groups is 1. The van der Waals surface area contributed by atoms with E-state index >= 15 is 0 Å². The molecule has 0 saturated carbocycles. The number of nitrogens with zero attached hydrogens (tertiary/aromatic N) is 2. The number of para-hydroxylation sites is 1. The molecule has 0 radical (unpaired) electrons. The first-order valence-electron chi connectivity index (χ1n) is 8.81. The molecule has 0 unspecified atom stereocenters. The molecule has 1 amide bonds. The molecule has 0 aliphatic heterocycles. The molecule has 0 fully saturated rings. The van der Waals surface area contributed by atoms with Crippen LogP contribution in [0.25, 0.3) is 10.2 Å². The number of hydrogen-bond acceptors (Lipinski definition) is 4. The number of aromatic nitrogens is 1. The molecule has 3 rings (SSSR count). The van der Waals surface area contributed by atoms with Crippen molar-refractivity contribution in [3.05, 3.63) is 57.3 Å². The average Bonchev–Trinajstić information content (AvgIpc) is 3.00. The normalized spacial score (nSPS) is 11.9. The molecule has 0 saturated heterocycles. The van der Waals surface area contributed by atoms with E-state index in [0.717, 1.165) is 20.4 Å². The van der Waals surface area contributed by atoms with Crippen LogP contribution >= 0.6 is 27.3 Å². The van der Waals surface area contributed by atoms with Crippen molar-refractivity contribution in [3.63, 3.8) is 0 Å². The fourth-order valence-corrected chi connectivity index (χ4v) is 4.21. The van der Waals surface area contributed by atoms with Gasteiger partial charge in [0.15, 0.2) is 4.80 Å². The standard InChI is InChI=1S/C20H21BrN2O3S/c1-3-25-12-11-23-18-16(26-4-2)9-6-10-17(18)27-20(23)22-19(24)14-7-5-8-15(21)13-14/h5-10,13H,3-4,11-12H2,1-2H3. The van der Waals surface area contributed by atoms with Crippen LogP contribution in [0.2, 0.25) is 0 Å². The summed E-state index contributed by atoms with van der Waals surface area (Å²) in [6.45, 7) is 6.28. The lowest BCUT2D eigenvalue weighted by molar-refractivity contribution is 0.0996. The summed E-state index contributed by atoms with van der Waals surface area (Å²) in [6.07, 6.45) is 0. The molecule has 5 nitrogen and oxygen atoms in total. The molecule has 0 atom stereocenters. The summed E-state index contributed by atoms with van der Waals surface area (Å²) in [5.41, 5.74) is 1.49. The third-order valence-corrected chi connectivity index (χ3v) is 5.43. The van der Waals surface area contributed by atoms with E-state index in [2.05, 4.69) is 20.9 Å². The summed E-state index contributed by atoms with van der Waals surface area (Å²) >= 11 is 4.88. The lowest BCUT2D eigenvalue weighted by atomic mass is 10.2. The van der Waals surface area contributed by atoms with Crippen molar-refractivity contribution in [3.8, 4) is 5.75 Å². The Morgan fingerprint density at radius 2 is 2.00 bits per heavy atom. The van der Waals surface area contributed by atoms with Gasteiger partial charge < -0.3 is 14.0 Å². The summed E-state index contributed by atoms with van der Waals surface area (Å²) in [5.74, 6) is 0.519. The van der Waals surface area contributed by atoms with Crippen LogP contribution in [0.3, 0.4) is 0 Å². The van der Waals surface area contributed by atoms with Crippen LogP contribution in [0.1, 0.15) is 24.2 Å². The Kier molecular flexibility index (Phi) is 6.82. The third-order valence-electron chi connectivity index (χ3n) is 3.90. The number of benzene rings is 2. The van der Waals surface area contributed by atoms with Gasteiger partial charge in [-0.15, -0.1) is 0 Å². The van der Waals surface area contributed by atoms with Gasteiger partial charge in [0.05, 0.1) is 17.9 Å². The molecule has 2 aromatic carbocycles. The summed E-state index contributed by atoms with van der Waals surface area (Å²) in [7, 11) is 0. The fraction of sp³-hybridized carbons (Fsp3) is 0.300. The zero-order valence-corrected chi connectivity index (χ0v) is 17.7. The SMILES string of the molecule is CCOCCn1c(=NC(=O)c2cccc(Br)c2)sc2cccc(OCC)c21. The van der Waals surface area contributed by atoms with Gasteiger partial charge in [-0.05, 0) is 44.2 Å². The number of halogens is 1. The minimum absolute atomic E-state index is 0.272. The lowest BCUT2D eigenvalue weighted by Gasteiger charge is -2.09. The summed E-state index contributed by atoms with van der Waals surface area (Å²) in [4.78, 5) is 17.7. The van der Waals surface area contributed by atoms with Gasteiger partial charge in [0.2, 0.25) is 0 Å². The number of hydrogen-bond donors (Lipinski definition) is 0. The molecule has 7 heteroatoms. The van der Waals surface area contributed by atoms with Gasteiger partial charge >= 0.3 is 0 Å². The molecule has 1 aromatic heterocycles. The van der Waals surface area contributed by atoms with E-state index in [-0.39, 0.29) is 5.91 Å². The average molecular weight is 449 g/mol. The second-order valence-electron chi connectivity index (χ2n) is 5.70. The van der Waals surface area contributed by atoms with E-state index in [9.17, 15) is 4.79 Å². The van der Waals surface area contributed by atoms with Crippen molar-refractivity contribution in [2.24, 2.45) is 4.99 Å². The van der Waals surface area contributed by atoms with E-state index in [4.69, 9.17) is 9.47 Å². The summed E-state index contributed by atoms with van der Waals surface area (Å²) in [6, 6.07) is 13.2. The Morgan fingerprint density at radius 1 is 1.19 bits per heavy atom. The van der Waals surface area contributed by atoms with Gasteiger partial charge in [-0.3, -0.25) is 4.79 Å². The third kappa shape index (κ3) is 4.66. The van der Waals surface area contributed by atoms with Gasteiger partial charge in [0.1, 0.15) is 11.3 Å². The topological polar surface area (TPSA) is 52.8 Å². The van der Waals surface area contributed by atoms with Crippen molar-refractivity contribution < 1.29 is 14.3 Å². The van der Waals surface area contributed by atoms with E-state index in [1.807, 2.05) is 48.7 Å². The van der Waals surface area contributed by atoms with Crippen LogP contribution < -0.4 is 9.54 Å². The molecule has 0 spiro atoms. The van der Waals surface area contributed by atoms with Crippen LogP contribution in [0.4, 0.5) is 0 Å². The highest BCUT2D eigenvalue weighted by atomic mass is 79.9. The van der Waals surface area contributed by atoms with E-state index < -0.39 is 0 Å². The van der Waals surface area contributed by atoms with Gasteiger partial charge in [-0.2, -0.15) is 4.99 Å². The van der Waals surface area contributed by atoms with Gasteiger partial charge in [0.25, 0.3) is 5.91 Å². The molecule has 142 valence electrons. The van der Waals surface area contributed by atoms with Crippen molar-refractivity contribution in [2.45, 2.75) is 20.4 Å². The van der Waals surface area contributed by atoms with Crippen LogP contribution in [0.15, 0.2) is 51.9 Å². The second kappa shape index (κ2) is 9.30. The van der Waals surface area contributed by atoms with E-state index in [0.29, 0.717) is 36.7 Å². The van der Waals surface area contributed by atoms with Crippen molar-refractivity contribution in [2.75, 3.05) is 19.8 Å². The van der Waals surface area contributed by atoms with Gasteiger partial charge in [-0.25, -0.2) is 0 Å². The van der Waals surface area contributed by atoms with Crippen LogP contribution in [0, 0.1) is 0 Å². The Bertz CT molecular complexity index is 1010. The number of thiazole rings is 1. The smallest absolute Gasteiger partial charge is 0.279 e. The highest BCUT2D eigenvalue weighted by Gasteiger charge is 2.13. The quantitative estimate of drug-likeness (QED) is 0.494. The molecule has 3 aromatic rings. The number of amides is 1. The maximum Gasteiger partial charge on any atom is 0.279 e. The first kappa shape index (κ1) is 19.8. The van der Waals surface area contributed by atoms with Gasteiger partial charge in [0, 0.05) is 23.2 Å². The van der Waals surface area contributed by atoms with Crippen LogP contribution in [-0.2, 0) is 11.3 Å². The minimum Gasteiger partial charge on any atom is -0.492 e. The Morgan fingerprint density at radius 3 is 2.74 bits per heavy atom. The molecule has 0 N–H and O–H groups in total. The molecule has 1 heterocycles. The Hall–Kier alpha value is -1.96. The fourth-order valence-electron chi connectivity index (χ4n) is 2.74. The zero-order chi connectivity index (χ0) is 19.2. The molecule has 0 bridgehead atoms.